The lowest BCUT2D eigenvalue weighted by atomic mass is 10.1. The molecule has 0 aliphatic rings. The van der Waals surface area contributed by atoms with Gasteiger partial charge in [-0.3, -0.25) is 4.98 Å². The Morgan fingerprint density at radius 1 is 0.625 bits per heavy atom. The number of hydrogen-bond donors (Lipinski definition) is 0. The third-order valence-corrected chi connectivity index (χ3v) is 7.75. The van der Waals surface area contributed by atoms with Gasteiger partial charge in [-0.2, -0.15) is 0 Å². The molecule has 40 heavy (non-hydrogen) atoms. The maximum absolute atomic E-state index is 5.10. The molecule has 0 amide bonds. The van der Waals surface area contributed by atoms with Crippen molar-refractivity contribution in [1.82, 2.24) is 23.7 Å². The van der Waals surface area contributed by atoms with Gasteiger partial charge in [-0.1, -0.05) is 54.6 Å². The molecule has 4 aromatic carbocycles. The van der Waals surface area contributed by atoms with Crippen LogP contribution in [0.25, 0.3) is 66.9 Å². The second-order valence-corrected chi connectivity index (χ2v) is 10.1. The Labute approximate surface area is 231 Å². The molecule has 8 rings (SSSR count). The lowest BCUT2D eigenvalue weighted by Gasteiger charge is -2.11. The summed E-state index contributed by atoms with van der Waals surface area (Å²) in [5.74, 6) is 0.940. The number of nitrogens with zero attached hydrogens (tertiary/aromatic N) is 5. The van der Waals surface area contributed by atoms with Crippen LogP contribution in [-0.4, -0.2) is 23.7 Å². The number of rotatable bonds is 4. The van der Waals surface area contributed by atoms with Crippen LogP contribution < -0.4 is 0 Å². The first-order valence-electron chi connectivity index (χ1n) is 13.4. The molecule has 0 unspecified atom stereocenters. The molecule has 190 valence electrons. The van der Waals surface area contributed by atoms with E-state index < -0.39 is 0 Å². The summed E-state index contributed by atoms with van der Waals surface area (Å²) in [6, 6.07) is 40.4. The Hall–Kier alpha value is -5.42. The topological polar surface area (TPSA) is 40.6 Å². The molecule has 0 fully saturated rings. The molecule has 0 aliphatic heterocycles. The monoisotopic (exact) mass is 515 g/mol. The molecule has 5 heteroatoms. The predicted molar refractivity (Wildman–Crippen MR) is 163 cm³/mol. The van der Waals surface area contributed by atoms with Gasteiger partial charge in [0.25, 0.3) is 0 Å². The van der Waals surface area contributed by atoms with E-state index in [2.05, 4.69) is 129 Å². The van der Waals surface area contributed by atoms with E-state index in [1.54, 1.807) is 0 Å². The molecule has 0 bridgehead atoms. The van der Waals surface area contributed by atoms with E-state index in [1.807, 2.05) is 30.5 Å². The molecule has 0 saturated carbocycles. The molecule has 0 spiro atoms. The highest BCUT2D eigenvalue weighted by molar-refractivity contribution is 6.10. The van der Waals surface area contributed by atoms with Gasteiger partial charge in [0.1, 0.15) is 5.82 Å². The number of aryl methyl sites for hydroxylation is 1. The van der Waals surface area contributed by atoms with Crippen LogP contribution >= 0.6 is 0 Å². The van der Waals surface area contributed by atoms with E-state index in [9.17, 15) is 0 Å². The van der Waals surface area contributed by atoms with Gasteiger partial charge in [0.2, 0.25) is 0 Å². The van der Waals surface area contributed by atoms with Crippen molar-refractivity contribution in [3.8, 4) is 34.0 Å². The third kappa shape index (κ3) is 3.41. The quantitative estimate of drug-likeness (QED) is 0.237. The van der Waals surface area contributed by atoms with Crippen molar-refractivity contribution in [3.05, 3.63) is 134 Å². The van der Waals surface area contributed by atoms with Gasteiger partial charge >= 0.3 is 0 Å². The highest BCUT2D eigenvalue weighted by atomic mass is 15.1. The highest BCUT2D eigenvalue weighted by Gasteiger charge is 2.17. The molecule has 0 N–H and O–H groups in total. The smallest absolute Gasteiger partial charge is 0.140 e. The van der Waals surface area contributed by atoms with Crippen molar-refractivity contribution < 1.29 is 0 Å². The van der Waals surface area contributed by atoms with Crippen molar-refractivity contribution in [3.63, 3.8) is 0 Å². The van der Waals surface area contributed by atoms with Gasteiger partial charge in [0.15, 0.2) is 0 Å². The summed E-state index contributed by atoms with van der Waals surface area (Å²) in [5, 5.41) is 2.45. The number of imidazole rings is 1. The number of benzene rings is 4. The fourth-order valence-corrected chi connectivity index (χ4v) is 5.94. The minimum absolute atomic E-state index is 0.940. The fraction of sp³-hybridized carbons (Fsp3) is 0.0286. The van der Waals surface area contributed by atoms with E-state index in [-0.39, 0.29) is 0 Å². The SMILES string of the molecule is Cn1c(-c2ccc3c4ccccc4n(-c4cccc(-c5ccccn5)c4)c3c2)nc2cccc(-n3cccc3)c21. The normalized spacial score (nSPS) is 11.6. The Bertz CT molecular complexity index is 2170. The summed E-state index contributed by atoms with van der Waals surface area (Å²) >= 11 is 0. The molecule has 0 saturated heterocycles. The summed E-state index contributed by atoms with van der Waals surface area (Å²) in [6.07, 6.45) is 5.99. The maximum atomic E-state index is 5.10. The lowest BCUT2D eigenvalue weighted by Crippen LogP contribution is -1.98. The van der Waals surface area contributed by atoms with Crippen LogP contribution in [0.4, 0.5) is 0 Å². The van der Waals surface area contributed by atoms with Gasteiger partial charge < -0.3 is 13.7 Å². The van der Waals surface area contributed by atoms with Crippen molar-refractivity contribution in [2.45, 2.75) is 0 Å². The van der Waals surface area contributed by atoms with Crippen molar-refractivity contribution in [2.24, 2.45) is 7.05 Å². The van der Waals surface area contributed by atoms with Crippen LogP contribution in [0.2, 0.25) is 0 Å². The molecule has 8 aromatic rings. The van der Waals surface area contributed by atoms with Gasteiger partial charge in [-0.15, -0.1) is 0 Å². The molecular weight excluding hydrogens is 490 g/mol. The first-order valence-corrected chi connectivity index (χ1v) is 13.4. The van der Waals surface area contributed by atoms with Crippen molar-refractivity contribution in [1.29, 1.82) is 0 Å². The van der Waals surface area contributed by atoms with Gasteiger partial charge in [-0.25, -0.2) is 4.98 Å². The summed E-state index contributed by atoms with van der Waals surface area (Å²) < 4.78 is 6.71. The number of fused-ring (bicyclic) bond motifs is 4. The Balaban J connectivity index is 1.36. The summed E-state index contributed by atoms with van der Waals surface area (Å²) in [7, 11) is 2.10. The van der Waals surface area contributed by atoms with Gasteiger partial charge in [-0.05, 0) is 60.7 Å². The average molecular weight is 516 g/mol. The number of hydrogen-bond acceptors (Lipinski definition) is 2. The second-order valence-electron chi connectivity index (χ2n) is 10.1. The van der Waals surface area contributed by atoms with Crippen LogP contribution in [0.15, 0.2) is 134 Å². The molecule has 0 aliphatic carbocycles. The van der Waals surface area contributed by atoms with Crippen LogP contribution in [0, 0.1) is 0 Å². The zero-order chi connectivity index (χ0) is 26.6. The Kier molecular flexibility index (Phi) is 4.97. The molecule has 0 radical (unpaired) electrons. The fourth-order valence-electron chi connectivity index (χ4n) is 5.94. The predicted octanol–water partition coefficient (Wildman–Crippen LogP) is 8.19. The first kappa shape index (κ1) is 22.6. The Morgan fingerprint density at radius 3 is 2.33 bits per heavy atom. The number of aromatic nitrogens is 5. The largest absolute Gasteiger partial charge is 0.325 e. The summed E-state index contributed by atoms with van der Waals surface area (Å²) in [5.41, 5.74) is 9.76. The van der Waals surface area contributed by atoms with E-state index >= 15 is 0 Å². The van der Waals surface area contributed by atoms with Crippen molar-refractivity contribution in [2.75, 3.05) is 0 Å². The molecule has 5 nitrogen and oxygen atoms in total. The van der Waals surface area contributed by atoms with E-state index in [1.165, 1.54) is 16.3 Å². The zero-order valence-corrected chi connectivity index (χ0v) is 21.9. The van der Waals surface area contributed by atoms with Crippen LogP contribution in [0.1, 0.15) is 0 Å². The Morgan fingerprint density at radius 2 is 1.45 bits per heavy atom. The van der Waals surface area contributed by atoms with E-state index in [0.717, 1.165) is 50.6 Å². The van der Waals surface area contributed by atoms with Crippen LogP contribution in [0.5, 0.6) is 0 Å². The first-order chi connectivity index (χ1) is 19.8. The maximum Gasteiger partial charge on any atom is 0.140 e. The van der Waals surface area contributed by atoms with Gasteiger partial charge in [0.05, 0.1) is 33.4 Å². The summed E-state index contributed by atoms with van der Waals surface area (Å²) in [4.78, 5) is 9.69. The van der Waals surface area contributed by atoms with Crippen LogP contribution in [-0.2, 0) is 7.05 Å². The number of para-hydroxylation sites is 2. The zero-order valence-electron chi connectivity index (χ0n) is 21.9. The minimum Gasteiger partial charge on any atom is -0.325 e. The van der Waals surface area contributed by atoms with E-state index in [4.69, 9.17) is 4.98 Å². The molecule has 0 atom stereocenters. The minimum atomic E-state index is 0.940. The van der Waals surface area contributed by atoms with Crippen molar-refractivity contribution >= 4 is 32.8 Å². The third-order valence-electron chi connectivity index (χ3n) is 7.75. The standard InChI is InChI=1S/C35H25N5/c1-38-34-30(14-9-16-32(34)39-20-6-7-21-39)37-35(38)25-17-18-28-27-12-2-3-15-31(27)40(33(28)23-25)26-11-8-10-24(22-26)29-13-4-5-19-36-29/h2-23H,1H3. The van der Waals surface area contributed by atoms with E-state index in [0.29, 0.717) is 0 Å². The molecular formula is C35H25N5. The van der Waals surface area contributed by atoms with Crippen LogP contribution in [0.3, 0.4) is 0 Å². The number of pyridine rings is 1. The second kappa shape index (κ2) is 8.82. The lowest BCUT2D eigenvalue weighted by molar-refractivity contribution is 0.947. The average Bonchev–Trinajstić information content (AvgIpc) is 3.74. The van der Waals surface area contributed by atoms with Gasteiger partial charge in [0, 0.05) is 53.2 Å². The highest BCUT2D eigenvalue weighted by Crippen LogP contribution is 2.36. The summed E-state index contributed by atoms with van der Waals surface area (Å²) in [6.45, 7) is 0. The molecule has 4 aromatic heterocycles. The molecule has 4 heterocycles.